The normalized spacial score (nSPS) is 10.6. The highest BCUT2D eigenvalue weighted by molar-refractivity contribution is 5.75. The Balaban J connectivity index is 2.67. The number of hydrogen-bond acceptors (Lipinski definition) is 2. The largest absolute Gasteiger partial charge is 0.298 e. The smallest absolute Gasteiger partial charge is 0.152 e. The molecular formula is C12H10F2N2O. The average molecular weight is 236 g/mol. The highest BCUT2D eigenvalue weighted by Gasteiger charge is 2.15. The van der Waals surface area contributed by atoms with Gasteiger partial charge in [-0.25, -0.2) is 13.5 Å². The second-order valence-electron chi connectivity index (χ2n) is 3.79. The molecule has 3 nitrogen and oxygen atoms in total. The van der Waals surface area contributed by atoms with E-state index in [1.165, 1.54) is 4.68 Å². The average Bonchev–Trinajstić information content (AvgIpc) is 2.57. The van der Waals surface area contributed by atoms with Gasteiger partial charge < -0.3 is 0 Å². The summed E-state index contributed by atoms with van der Waals surface area (Å²) in [7, 11) is 0. The highest BCUT2D eigenvalue weighted by Crippen LogP contribution is 2.20. The Kier molecular flexibility index (Phi) is 2.75. The number of benzene rings is 1. The molecule has 0 saturated carbocycles. The minimum absolute atomic E-state index is 0.0368. The molecule has 0 unspecified atom stereocenters. The maximum Gasteiger partial charge on any atom is 0.152 e. The van der Waals surface area contributed by atoms with Gasteiger partial charge in [-0.15, -0.1) is 0 Å². The number of aryl methyl sites for hydroxylation is 2. The summed E-state index contributed by atoms with van der Waals surface area (Å²) in [5.74, 6) is -1.61. The van der Waals surface area contributed by atoms with Crippen LogP contribution in [-0.2, 0) is 0 Å². The number of carbonyl (C=O) groups excluding carboxylic acids is 1. The van der Waals surface area contributed by atoms with Crippen molar-refractivity contribution in [2.45, 2.75) is 13.8 Å². The van der Waals surface area contributed by atoms with Crippen LogP contribution in [-0.4, -0.2) is 16.1 Å². The Hall–Kier alpha value is -2.04. The first-order chi connectivity index (χ1) is 8.02. The quantitative estimate of drug-likeness (QED) is 0.751. The molecule has 0 aliphatic rings. The molecule has 0 saturated heterocycles. The van der Waals surface area contributed by atoms with E-state index in [0.29, 0.717) is 17.7 Å². The predicted octanol–water partition coefficient (Wildman–Crippen LogP) is 2.58. The number of halogens is 2. The van der Waals surface area contributed by atoms with Gasteiger partial charge in [0.2, 0.25) is 0 Å². The summed E-state index contributed by atoms with van der Waals surface area (Å²) in [6.07, 6.45) is 0.400. The fourth-order valence-corrected chi connectivity index (χ4v) is 1.71. The number of aldehydes is 1. The van der Waals surface area contributed by atoms with E-state index in [2.05, 4.69) is 5.10 Å². The maximum atomic E-state index is 13.7. The lowest BCUT2D eigenvalue weighted by Gasteiger charge is -2.07. The molecule has 0 bridgehead atoms. The molecule has 0 aliphatic heterocycles. The van der Waals surface area contributed by atoms with E-state index in [4.69, 9.17) is 0 Å². The number of nitrogens with zero attached hydrogens (tertiary/aromatic N) is 2. The summed E-state index contributed by atoms with van der Waals surface area (Å²) in [5.41, 5.74) is 0.992. The number of carbonyl (C=O) groups is 1. The van der Waals surface area contributed by atoms with Gasteiger partial charge >= 0.3 is 0 Å². The van der Waals surface area contributed by atoms with Crippen LogP contribution in [0.25, 0.3) is 5.69 Å². The summed E-state index contributed by atoms with van der Waals surface area (Å²) in [5, 5.41) is 4.01. The van der Waals surface area contributed by atoms with Gasteiger partial charge in [-0.1, -0.05) is 0 Å². The Morgan fingerprint density at radius 1 is 1.18 bits per heavy atom. The Morgan fingerprint density at radius 3 is 2.18 bits per heavy atom. The number of rotatable bonds is 2. The van der Waals surface area contributed by atoms with E-state index in [0.717, 1.165) is 12.1 Å². The van der Waals surface area contributed by atoms with Crippen molar-refractivity contribution in [2.75, 3.05) is 0 Å². The van der Waals surface area contributed by atoms with E-state index in [1.807, 2.05) is 0 Å². The van der Waals surface area contributed by atoms with Crippen molar-refractivity contribution in [3.05, 3.63) is 46.8 Å². The molecule has 88 valence electrons. The Bertz CT molecular complexity index is 567. The molecule has 1 aromatic carbocycles. The first-order valence-electron chi connectivity index (χ1n) is 5.01. The second-order valence-corrected chi connectivity index (χ2v) is 3.79. The minimum Gasteiger partial charge on any atom is -0.298 e. The molecule has 0 radical (unpaired) electrons. The molecule has 0 aliphatic carbocycles. The first kappa shape index (κ1) is 11.4. The van der Waals surface area contributed by atoms with E-state index in [9.17, 15) is 13.6 Å². The lowest BCUT2D eigenvalue weighted by atomic mass is 10.2. The van der Waals surface area contributed by atoms with Crippen LogP contribution >= 0.6 is 0 Å². The molecule has 0 N–H and O–H groups in total. The summed E-state index contributed by atoms with van der Waals surface area (Å²) < 4.78 is 28.6. The van der Waals surface area contributed by atoms with Gasteiger partial charge in [-0.05, 0) is 32.0 Å². The molecule has 2 aromatic rings. The van der Waals surface area contributed by atoms with Crippen molar-refractivity contribution in [2.24, 2.45) is 0 Å². The first-order valence-corrected chi connectivity index (χ1v) is 5.01. The van der Waals surface area contributed by atoms with Gasteiger partial charge in [-0.3, -0.25) is 4.79 Å². The van der Waals surface area contributed by atoms with E-state index >= 15 is 0 Å². The molecule has 0 amide bonds. The van der Waals surface area contributed by atoms with Crippen molar-refractivity contribution in [3.8, 4) is 5.69 Å². The molecule has 1 heterocycles. The molecule has 1 aromatic heterocycles. The molecule has 2 rings (SSSR count). The van der Waals surface area contributed by atoms with Crippen molar-refractivity contribution < 1.29 is 13.6 Å². The van der Waals surface area contributed by atoms with Crippen LogP contribution in [0.5, 0.6) is 0 Å². The summed E-state index contributed by atoms with van der Waals surface area (Å²) in [6.45, 7) is 3.44. The second kappa shape index (κ2) is 4.08. The van der Waals surface area contributed by atoms with Gasteiger partial charge in [0, 0.05) is 11.3 Å². The third-order valence-electron chi connectivity index (χ3n) is 2.40. The number of hydrogen-bond donors (Lipinski definition) is 0. The minimum atomic E-state index is -0.807. The lowest BCUT2D eigenvalue weighted by molar-refractivity contribution is 0.112. The Labute approximate surface area is 96.7 Å². The fourth-order valence-electron chi connectivity index (χ4n) is 1.71. The monoisotopic (exact) mass is 236 g/mol. The molecule has 0 spiro atoms. The summed E-state index contributed by atoms with van der Waals surface area (Å²) in [6, 6.07) is 3.69. The van der Waals surface area contributed by atoms with Crippen molar-refractivity contribution in [1.82, 2.24) is 9.78 Å². The van der Waals surface area contributed by atoms with Gasteiger partial charge in [0.25, 0.3) is 0 Å². The fraction of sp³-hybridized carbons (Fsp3) is 0.167. The van der Waals surface area contributed by atoms with Gasteiger partial charge in [0.1, 0.15) is 12.0 Å². The molecule has 0 atom stereocenters. The molecule has 5 heteroatoms. The van der Waals surface area contributed by atoms with Crippen molar-refractivity contribution in [1.29, 1.82) is 0 Å². The maximum absolute atomic E-state index is 13.7. The van der Waals surface area contributed by atoms with Crippen LogP contribution < -0.4 is 0 Å². The lowest BCUT2D eigenvalue weighted by Crippen LogP contribution is -2.06. The standard InChI is InChI=1S/C12H10F2N2O/c1-7-3-8(2)16(15-7)12-10(13)4-9(6-17)5-11(12)14/h3-6H,1-2H3. The van der Waals surface area contributed by atoms with Crippen LogP contribution in [0.1, 0.15) is 21.7 Å². The van der Waals surface area contributed by atoms with Crippen LogP contribution in [0.4, 0.5) is 8.78 Å². The molecular weight excluding hydrogens is 226 g/mol. The zero-order valence-electron chi connectivity index (χ0n) is 9.37. The van der Waals surface area contributed by atoms with Crippen LogP contribution in [0.3, 0.4) is 0 Å². The Morgan fingerprint density at radius 2 is 1.76 bits per heavy atom. The van der Waals surface area contributed by atoms with E-state index in [1.54, 1.807) is 19.9 Å². The van der Waals surface area contributed by atoms with Gasteiger partial charge in [0.05, 0.1) is 5.69 Å². The summed E-state index contributed by atoms with van der Waals surface area (Å²) >= 11 is 0. The molecule has 17 heavy (non-hydrogen) atoms. The van der Waals surface area contributed by atoms with Crippen LogP contribution in [0, 0.1) is 25.5 Å². The SMILES string of the molecule is Cc1cc(C)n(-c2c(F)cc(C=O)cc2F)n1. The zero-order valence-corrected chi connectivity index (χ0v) is 9.37. The topological polar surface area (TPSA) is 34.9 Å². The number of aromatic nitrogens is 2. The highest BCUT2D eigenvalue weighted by atomic mass is 19.1. The van der Waals surface area contributed by atoms with E-state index < -0.39 is 11.6 Å². The third-order valence-corrected chi connectivity index (χ3v) is 2.40. The van der Waals surface area contributed by atoms with Gasteiger partial charge in [-0.2, -0.15) is 5.10 Å². The summed E-state index contributed by atoms with van der Waals surface area (Å²) in [4.78, 5) is 10.5. The van der Waals surface area contributed by atoms with Gasteiger partial charge in [0.15, 0.2) is 11.6 Å². The van der Waals surface area contributed by atoms with Crippen LogP contribution in [0.15, 0.2) is 18.2 Å². The molecule has 0 fully saturated rings. The van der Waals surface area contributed by atoms with Crippen molar-refractivity contribution >= 4 is 6.29 Å². The third kappa shape index (κ3) is 1.95. The van der Waals surface area contributed by atoms with Crippen molar-refractivity contribution in [3.63, 3.8) is 0 Å². The zero-order chi connectivity index (χ0) is 12.6. The predicted molar refractivity (Wildman–Crippen MR) is 58.3 cm³/mol. The van der Waals surface area contributed by atoms with E-state index in [-0.39, 0.29) is 11.3 Å². The van der Waals surface area contributed by atoms with Crippen LogP contribution in [0.2, 0.25) is 0 Å².